The highest BCUT2D eigenvalue weighted by Crippen LogP contribution is 2.05. The van der Waals surface area contributed by atoms with Gasteiger partial charge in [0.25, 0.3) is 0 Å². The van der Waals surface area contributed by atoms with Crippen LogP contribution in [0.25, 0.3) is 0 Å². The number of hydrogen-bond acceptors (Lipinski definition) is 3. The number of rotatable bonds is 2. The molecule has 1 aromatic heterocycles. The van der Waals surface area contributed by atoms with Crippen LogP contribution in [0.5, 0.6) is 6.01 Å². The summed E-state index contributed by atoms with van der Waals surface area (Å²) in [6.07, 6.45) is 1.36. The Morgan fingerprint density at radius 2 is 2.27 bits per heavy atom. The zero-order valence-corrected chi connectivity index (χ0v) is 5.79. The largest absolute Gasteiger partial charge is 0.401 e. The van der Waals surface area contributed by atoms with Gasteiger partial charge in [0.15, 0.2) is 0 Å². The lowest BCUT2D eigenvalue weighted by Crippen LogP contribution is -2.05. The van der Waals surface area contributed by atoms with E-state index in [1.165, 1.54) is 6.20 Å². The van der Waals surface area contributed by atoms with Crippen LogP contribution in [0.2, 0.25) is 0 Å². The van der Waals surface area contributed by atoms with Gasteiger partial charge in [-0.05, 0) is 13.0 Å². The van der Waals surface area contributed by atoms with E-state index in [-0.39, 0.29) is 6.01 Å². The Hall–Kier alpha value is -1.26. The fourth-order valence-corrected chi connectivity index (χ4v) is 0.562. The van der Waals surface area contributed by atoms with Crippen molar-refractivity contribution in [3.05, 3.63) is 18.0 Å². The first kappa shape index (κ1) is 7.84. The van der Waals surface area contributed by atoms with E-state index in [1.54, 1.807) is 13.0 Å². The number of hydrogen-bond donors (Lipinski definition) is 0. The van der Waals surface area contributed by atoms with Crippen molar-refractivity contribution in [2.45, 2.75) is 13.5 Å². The molecule has 0 aliphatic carbocycles. The molecule has 0 aliphatic rings. The molecule has 1 heterocycles. The van der Waals surface area contributed by atoms with E-state index >= 15 is 0 Å². The Bertz CT molecular complexity index is 242. The molecule has 1 aromatic rings. The van der Waals surface area contributed by atoms with Crippen molar-refractivity contribution in [3.8, 4) is 6.01 Å². The van der Waals surface area contributed by atoms with Crippen LogP contribution in [0, 0.1) is 6.92 Å². The molecule has 3 nitrogen and oxygen atoms in total. The first-order valence-electron chi connectivity index (χ1n) is 2.93. The highest BCUT2D eigenvalue weighted by atomic mass is 19.3. The van der Waals surface area contributed by atoms with E-state index in [0.29, 0.717) is 5.69 Å². The lowest BCUT2D eigenvalue weighted by molar-refractivity contribution is -0.0561. The molecule has 0 bridgehead atoms. The molecule has 0 aromatic carbocycles. The fraction of sp³-hybridized carbons (Fsp3) is 0.333. The molecule has 5 heteroatoms. The standard InChI is InChI=1S/C6H6F2N2O/c1-4-2-3-9-6(10-4)11-5(7)8/h2-3,5H,1H3. The predicted molar refractivity (Wildman–Crippen MR) is 33.4 cm³/mol. The van der Waals surface area contributed by atoms with Gasteiger partial charge < -0.3 is 4.74 Å². The highest BCUT2D eigenvalue weighted by molar-refractivity contribution is 5.02. The highest BCUT2D eigenvalue weighted by Gasteiger charge is 2.05. The molecule has 0 spiro atoms. The van der Waals surface area contributed by atoms with Gasteiger partial charge in [-0.25, -0.2) is 9.97 Å². The summed E-state index contributed by atoms with van der Waals surface area (Å²) in [6.45, 7) is -1.20. The van der Waals surface area contributed by atoms with E-state index in [4.69, 9.17) is 0 Å². The predicted octanol–water partition coefficient (Wildman–Crippen LogP) is 1.39. The Labute approximate surface area is 62.0 Å². The van der Waals surface area contributed by atoms with Crippen molar-refractivity contribution in [2.75, 3.05) is 0 Å². The second kappa shape index (κ2) is 3.23. The number of nitrogens with zero attached hydrogens (tertiary/aromatic N) is 2. The van der Waals surface area contributed by atoms with Crippen molar-refractivity contribution < 1.29 is 13.5 Å². The first-order chi connectivity index (χ1) is 5.18. The molecule has 0 unspecified atom stereocenters. The van der Waals surface area contributed by atoms with Gasteiger partial charge in [-0.15, -0.1) is 0 Å². The van der Waals surface area contributed by atoms with Crippen molar-refractivity contribution in [1.29, 1.82) is 0 Å². The van der Waals surface area contributed by atoms with Crippen LogP contribution in [-0.4, -0.2) is 16.6 Å². The third-order valence-corrected chi connectivity index (χ3v) is 0.967. The van der Waals surface area contributed by atoms with E-state index in [2.05, 4.69) is 14.7 Å². The summed E-state index contributed by atoms with van der Waals surface area (Å²) in [7, 11) is 0. The number of aromatic nitrogens is 2. The normalized spacial score (nSPS) is 10.2. The van der Waals surface area contributed by atoms with Gasteiger partial charge in [0.05, 0.1) is 0 Å². The Morgan fingerprint density at radius 1 is 1.55 bits per heavy atom. The van der Waals surface area contributed by atoms with Crippen molar-refractivity contribution >= 4 is 0 Å². The summed E-state index contributed by atoms with van der Waals surface area (Å²) in [5.74, 6) is 0. The van der Waals surface area contributed by atoms with Gasteiger partial charge >= 0.3 is 12.6 Å². The van der Waals surface area contributed by atoms with Gasteiger partial charge in [0, 0.05) is 11.9 Å². The molecule has 0 atom stereocenters. The Balaban J connectivity index is 2.71. The summed E-state index contributed by atoms with van der Waals surface area (Å²) in [4.78, 5) is 7.07. The summed E-state index contributed by atoms with van der Waals surface area (Å²) >= 11 is 0. The molecule has 0 N–H and O–H groups in total. The van der Waals surface area contributed by atoms with E-state index in [1.807, 2.05) is 0 Å². The number of aryl methyl sites for hydroxylation is 1. The number of halogens is 2. The van der Waals surface area contributed by atoms with Crippen LogP contribution >= 0.6 is 0 Å². The molecule has 0 saturated heterocycles. The lowest BCUT2D eigenvalue weighted by Gasteiger charge is -2.00. The quantitative estimate of drug-likeness (QED) is 0.655. The average Bonchev–Trinajstić information content (AvgIpc) is 1.85. The van der Waals surface area contributed by atoms with Gasteiger partial charge in [0.1, 0.15) is 0 Å². The minimum Gasteiger partial charge on any atom is -0.401 e. The van der Waals surface area contributed by atoms with Crippen LogP contribution in [-0.2, 0) is 0 Å². The molecule has 60 valence electrons. The van der Waals surface area contributed by atoms with Crippen LogP contribution in [0.4, 0.5) is 8.78 Å². The minimum absolute atomic E-state index is 0.292. The minimum atomic E-state index is -2.86. The maximum Gasteiger partial charge on any atom is 0.389 e. The molecule has 0 amide bonds. The van der Waals surface area contributed by atoms with Crippen LogP contribution in [0.1, 0.15) is 5.69 Å². The SMILES string of the molecule is Cc1ccnc(OC(F)F)n1. The summed E-state index contributed by atoms with van der Waals surface area (Å²) < 4.78 is 27.0. The Morgan fingerprint density at radius 3 is 2.82 bits per heavy atom. The second-order valence-corrected chi connectivity index (χ2v) is 1.86. The van der Waals surface area contributed by atoms with Gasteiger partial charge in [-0.3, -0.25) is 0 Å². The van der Waals surface area contributed by atoms with Crippen molar-refractivity contribution in [3.63, 3.8) is 0 Å². The maximum atomic E-state index is 11.5. The average molecular weight is 160 g/mol. The summed E-state index contributed by atoms with van der Waals surface area (Å²) in [5, 5.41) is 0. The zero-order chi connectivity index (χ0) is 8.27. The smallest absolute Gasteiger partial charge is 0.389 e. The van der Waals surface area contributed by atoms with E-state index in [0.717, 1.165) is 0 Å². The number of alkyl halides is 2. The third kappa shape index (κ3) is 2.45. The van der Waals surface area contributed by atoms with Gasteiger partial charge in [0.2, 0.25) is 0 Å². The summed E-state index contributed by atoms with van der Waals surface area (Å²) in [6, 6.07) is 1.30. The molecular formula is C6H6F2N2O. The zero-order valence-electron chi connectivity index (χ0n) is 5.79. The first-order valence-corrected chi connectivity index (χ1v) is 2.93. The third-order valence-electron chi connectivity index (χ3n) is 0.967. The monoisotopic (exact) mass is 160 g/mol. The van der Waals surface area contributed by atoms with E-state index < -0.39 is 6.61 Å². The van der Waals surface area contributed by atoms with Crippen molar-refractivity contribution in [1.82, 2.24) is 9.97 Å². The molecule has 1 rings (SSSR count). The Kier molecular flexibility index (Phi) is 2.30. The van der Waals surface area contributed by atoms with Crippen molar-refractivity contribution in [2.24, 2.45) is 0 Å². The summed E-state index contributed by atoms with van der Waals surface area (Å²) in [5.41, 5.74) is 0.593. The maximum absolute atomic E-state index is 11.5. The number of ether oxygens (including phenoxy) is 1. The molecular weight excluding hydrogens is 154 g/mol. The van der Waals surface area contributed by atoms with Crippen LogP contribution < -0.4 is 4.74 Å². The molecule has 0 aliphatic heterocycles. The molecule has 0 saturated carbocycles. The molecule has 0 radical (unpaired) electrons. The molecule has 11 heavy (non-hydrogen) atoms. The van der Waals surface area contributed by atoms with E-state index in [9.17, 15) is 8.78 Å². The van der Waals surface area contributed by atoms with Crippen LogP contribution in [0.15, 0.2) is 12.3 Å². The second-order valence-electron chi connectivity index (χ2n) is 1.86. The topological polar surface area (TPSA) is 35.0 Å². The lowest BCUT2D eigenvalue weighted by atomic mass is 10.5. The van der Waals surface area contributed by atoms with Gasteiger partial charge in [-0.2, -0.15) is 8.78 Å². The fourth-order valence-electron chi connectivity index (χ4n) is 0.562. The van der Waals surface area contributed by atoms with Gasteiger partial charge in [-0.1, -0.05) is 0 Å². The van der Waals surface area contributed by atoms with Crippen LogP contribution in [0.3, 0.4) is 0 Å². The molecule has 0 fully saturated rings.